The Labute approximate surface area is 233 Å². The van der Waals surface area contributed by atoms with Crippen molar-refractivity contribution in [3.8, 4) is 0 Å². The van der Waals surface area contributed by atoms with Crippen LogP contribution < -0.4 is 10.7 Å². The number of carbonyl (C=O) groups is 1. The van der Waals surface area contributed by atoms with Gasteiger partial charge in [-0.25, -0.2) is 0 Å². The van der Waals surface area contributed by atoms with Crippen molar-refractivity contribution >= 4 is 36.5 Å². The van der Waals surface area contributed by atoms with Gasteiger partial charge in [-0.3, -0.25) is 4.79 Å². The van der Waals surface area contributed by atoms with Crippen molar-refractivity contribution in [3.63, 3.8) is 0 Å². The molecule has 1 N–H and O–H groups in total. The molecule has 199 valence electrons. The molecule has 0 saturated heterocycles. The van der Waals surface area contributed by atoms with Crippen LogP contribution in [0.1, 0.15) is 96.8 Å². The van der Waals surface area contributed by atoms with Gasteiger partial charge in [-0.1, -0.05) is 84.0 Å². The maximum absolute atomic E-state index is 10.3. The number of carboxylic acid groups (broad SMARTS) is 1. The first-order valence-corrected chi connectivity index (χ1v) is 18.8. The molecule has 37 heavy (non-hydrogen) atoms. The van der Waals surface area contributed by atoms with E-state index in [-0.39, 0.29) is 0 Å². The Balaban J connectivity index is 0.000000261. The Morgan fingerprint density at radius 1 is 0.514 bits per heavy atom. The monoisotopic (exact) mass is 607 g/mol. The van der Waals surface area contributed by atoms with Crippen molar-refractivity contribution < 1.29 is 9.90 Å². The van der Waals surface area contributed by atoms with E-state index in [1.165, 1.54) is 81.4 Å². The molecule has 0 spiro atoms. The van der Waals surface area contributed by atoms with E-state index < -0.39 is 25.7 Å². The van der Waals surface area contributed by atoms with E-state index in [0.29, 0.717) is 6.42 Å². The van der Waals surface area contributed by atoms with Gasteiger partial charge in [0.2, 0.25) is 0 Å². The fraction of sp³-hybridized carbons (Fsp3) is 0.441. The number of rotatable bonds is 17. The van der Waals surface area contributed by atoms with Crippen molar-refractivity contribution in [3.05, 3.63) is 91.0 Å². The Morgan fingerprint density at radius 3 is 1.11 bits per heavy atom. The fourth-order valence-corrected chi connectivity index (χ4v) is 12.0. The van der Waals surface area contributed by atoms with Crippen molar-refractivity contribution in [2.45, 2.75) is 96.8 Å². The number of carboxylic acids is 1. The maximum atomic E-state index is 10.3. The average molecular weight is 606 g/mol. The molecule has 0 fully saturated rings. The molecule has 3 rings (SSSR count). The van der Waals surface area contributed by atoms with Crippen LogP contribution in [0.2, 0.25) is 0 Å². The van der Waals surface area contributed by atoms with E-state index in [0.717, 1.165) is 12.8 Å². The van der Waals surface area contributed by atoms with Gasteiger partial charge >= 0.3 is 127 Å². The molecule has 0 unspecified atom stereocenters. The second-order valence-corrected chi connectivity index (χ2v) is 16.9. The van der Waals surface area contributed by atoms with Crippen LogP contribution in [0.15, 0.2) is 91.0 Å². The SMILES string of the molecule is CCCCCCCCCCCCCCCC(=O)O.c1cc[c]([Sn]([c]2ccccc2)[c]2ccccc2)cc1. The summed E-state index contributed by atoms with van der Waals surface area (Å²) in [6, 6.07) is 32.9. The Bertz CT molecular complexity index is 834. The summed E-state index contributed by atoms with van der Waals surface area (Å²) in [6.45, 7) is 2.26. The van der Waals surface area contributed by atoms with Gasteiger partial charge in [0, 0.05) is 6.42 Å². The number of unbranched alkanes of at least 4 members (excludes halogenated alkanes) is 12. The van der Waals surface area contributed by atoms with E-state index in [1.54, 1.807) is 0 Å². The predicted molar refractivity (Wildman–Crippen MR) is 162 cm³/mol. The van der Waals surface area contributed by atoms with Crippen LogP contribution in [0.3, 0.4) is 0 Å². The summed E-state index contributed by atoms with van der Waals surface area (Å²) in [6.07, 6.45) is 17.3. The van der Waals surface area contributed by atoms with Crippen LogP contribution >= 0.6 is 0 Å². The Kier molecular flexibility index (Phi) is 17.6. The molecule has 0 aliphatic carbocycles. The van der Waals surface area contributed by atoms with E-state index >= 15 is 0 Å². The molecule has 3 heteroatoms. The van der Waals surface area contributed by atoms with E-state index in [1.807, 2.05) is 0 Å². The van der Waals surface area contributed by atoms with Crippen LogP contribution in [0.4, 0.5) is 0 Å². The number of hydrogen-bond acceptors (Lipinski definition) is 1. The third-order valence-corrected chi connectivity index (χ3v) is 14.5. The molecule has 1 radical (unpaired) electrons. The molecule has 0 heterocycles. The van der Waals surface area contributed by atoms with E-state index in [4.69, 9.17) is 5.11 Å². The molecule has 0 bridgehead atoms. The molecular formula is C34H47O2Sn. The minimum atomic E-state index is -1.98. The third kappa shape index (κ3) is 14.4. The van der Waals surface area contributed by atoms with Crippen LogP contribution in [0.5, 0.6) is 0 Å². The predicted octanol–water partition coefficient (Wildman–Crippen LogP) is 7.76. The first kappa shape index (κ1) is 31.1. The van der Waals surface area contributed by atoms with Gasteiger partial charge in [0.15, 0.2) is 0 Å². The zero-order valence-electron chi connectivity index (χ0n) is 22.9. The summed E-state index contributed by atoms with van der Waals surface area (Å²) in [5.74, 6) is -0.655. The first-order valence-electron chi connectivity index (χ1n) is 14.5. The molecule has 0 saturated carbocycles. The molecule has 0 atom stereocenters. The fourth-order valence-electron chi connectivity index (χ4n) is 4.61. The summed E-state index contributed by atoms with van der Waals surface area (Å²) in [4.78, 5) is 10.3. The summed E-state index contributed by atoms with van der Waals surface area (Å²) in [5.41, 5.74) is 0. The van der Waals surface area contributed by atoms with Crippen LogP contribution in [-0.2, 0) is 4.79 Å². The summed E-state index contributed by atoms with van der Waals surface area (Å²) in [7, 11) is 0. The van der Waals surface area contributed by atoms with E-state index in [2.05, 4.69) is 97.9 Å². The van der Waals surface area contributed by atoms with Gasteiger partial charge in [0.25, 0.3) is 0 Å². The van der Waals surface area contributed by atoms with Crippen molar-refractivity contribution in [1.82, 2.24) is 0 Å². The standard InChI is InChI=1S/C16H32O2.3C6H5.Sn/c1-2-3-4-5-6-7-8-9-10-11-12-13-14-15-16(17)18;3*1-2-4-6-5-3-1;/h2-15H2,1H3,(H,17,18);3*1-5H;. The van der Waals surface area contributed by atoms with Crippen LogP contribution in [0.25, 0.3) is 0 Å². The van der Waals surface area contributed by atoms with Crippen LogP contribution in [-0.4, -0.2) is 30.8 Å². The summed E-state index contributed by atoms with van der Waals surface area (Å²) in [5, 5.41) is 8.49. The number of benzene rings is 3. The summed E-state index contributed by atoms with van der Waals surface area (Å²) >= 11 is -1.98. The van der Waals surface area contributed by atoms with E-state index in [9.17, 15) is 4.79 Å². The van der Waals surface area contributed by atoms with Gasteiger partial charge in [-0.05, 0) is 6.42 Å². The molecule has 0 aliphatic heterocycles. The van der Waals surface area contributed by atoms with Gasteiger partial charge in [0.05, 0.1) is 0 Å². The van der Waals surface area contributed by atoms with Gasteiger partial charge < -0.3 is 5.11 Å². The molecule has 3 aromatic carbocycles. The quantitative estimate of drug-likeness (QED) is 0.126. The third-order valence-electron chi connectivity index (χ3n) is 6.68. The van der Waals surface area contributed by atoms with Crippen molar-refractivity contribution in [2.75, 3.05) is 0 Å². The van der Waals surface area contributed by atoms with Gasteiger partial charge in [-0.2, -0.15) is 0 Å². The molecule has 0 aliphatic rings. The molecule has 3 aromatic rings. The number of hydrogen-bond donors (Lipinski definition) is 1. The molecular weight excluding hydrogens is 559 g/mol. The van der Waals surface area contributed by atoms with Crippen molar-refractivity contribution in [2.24, 2.45) is 0 Å². The Morgan fingerprint density at radius 2 is 0.811 bits per heavy atom. The summed E-state index contributed by atoms with van der Waals surface area (Å²) < 4.78 is 4.59. The van der Waals surface area contributed by atoms with Gasteiger partial charge in [-0.15, -0.1) is 0 Å². The van der Waals surface area contributed by atoms with Gasteiger partial charge in [0.1, 0.15) is 0 Å². The van der Waals surface area contributed by atoms with Crippen LogP contribution in [0, 0.1) is 0 Å². The molecule has 2 nitrogen and oxygen atoms in total. The normalized spacial score (nSPS) is 10.6. The second kappa shape index (κ2) is 20.9. The Hall–Kier alpha value is -2.07. The zero-order valence-corrected chi connectivity index (χ0v) is 25.8. The molecule has 0 aromatic heterocycles. The first-order chi connectivity index (χ1) is 18.2. The molecule has 0 amide bonds. The van der Waals surface area contributed by atoms with Crippen molar-refractivity contribution in [1.29, 1.82) is 0 Å². The zero-order chi connectivity index (χ0) is 26.4. The second-order valence-electron chi connectivity index (χ2n) is 9.86. The average Bonchev–Trinajstić information content (AvgIpc) is 2.93. The number of aliphatic carboxylic acids is 1. The topological polar surface area (TPSA) is 37.3 Å². The minimum absolute atomic E-state index is 0.345.